The average Bonchev–Trinajstić information content (AvgIpc) is 2.69. The molecule has 18 heavy (non-hydrogen) atoms. The van der Waals surface area contributed by atoms with Gasteiger partial charge in [0.05, 0.1) is 12.7 Å². The lowest BCUT2D eigenvalue weighted by molar-refractivity contribution is 0.0733. The number of nitrogens with zero attached hydrogens (tertiary/aromatic N) is 1. The Morgan fingerprint density at radius 1 is 1.28 bits per heavy atom. The van der Waals surface area contributed by atoms with E-state index in [1.54, 1.807) is 0 Å². The van der Waals surface area contributed by atoms with Gasteiger partial charge in [0.15, 0.2) is 0 Å². The van der Waals surface area contributed by atoms with Crippen LogP contribution in [0.15, 0.2) is 30.5 Å². The van der Waals surface area contributed by atoms with Crippen LogP contribution in [0.4, 0.5) is 0 Å². The van der Waals surface area contributed by atoms with Gasteiger partial charge in [-0.05, 0) is 32.5 Å². The van der Waals surface area contributed by atoms with Crippen molar-refractivity contribution in [3.63, 3.8) is 0 Å². The SMILES string of the molecule is CNCc1cn(CCOC(C)C)c2ccccc12. The van der Waals surface area contributed by atoms with Crippen molar-refractivity contribution in [1.29, 1.82) is 0 Å². The zero-order chi connectivity index (χ0) is 13.0. The molecule has 0 amide bonds. The molecular weight excluding hydrogens is 224 g/mol. The van der Waals surface area contributed by atoms with Gasteiger partial charge in [0.1, 0.15) is 0 Å². The van der Waals surface area contributed by atoms with Crippen molar-refractivity contribution >= 4 is 10.9 Å². The number of fused-ring (bicyclic) bond motifs is 1. The van der Waals surface area contributed by atoms with Crippen LogP contribution in [-0.4, -0.2) is 24.3 Å². The molecule has 3 nitrogen and oxygen atoms in total. The van der Waals surface area contributed by atoms with Crippen molar-refractivity contribution in [2.75, 3.05) is 13.7 Å². The molecule has 0 unspecified atom stereocenters. The number of para-hydroxylation sites is 1. The van der Waals surface area contributed by atoms with Gasteiger partial charge in [-0.3, -0.25) is 0 Å². The Hall–Kier alpha value is -1.32. The molecule has 0 spiro atoms. The summed E-state index contributed by atoms with van der Waals surface area (Å²) in [7, 11) is 1.98. The summed E-state index contributed by atoms with van der Waals surface area (Å²) in [5, 5.41) is 4.55. The minimum absolute atomic E-state index is 0.295. The summed E-state index contributed by atoms with van der Waals surface area (Å²) in [6.45, 7) is 6.71. The van der Waals surface area contributed by atoms with Crippen molar-refractivity contribution < 1.29 is 4.74 Å². The van der Waals surface area contributed by atoms with Crippen molar-refractivity contribution in [1.82, 2.24) is 9.88 Å². The number of aromatic nitrogens is 1. The number of hydrogen-bond donors (Lipinski definition) is 1. The molecule has 1 N–H and O–H groups in total. The summed E-state index contributed by atoms with van der Waals surface area (Å²) in [5.41, 5.74) is 2.63. The summed E-state index contributed by atoms with van der Waals surface area (Å²) in [4.78, 5) is 0. The van der Waals surface area contributed by atoms with Gasteiger partial charge in [-0.1, -0.05) is 18.2 Å². The maximum absolute atomic E-state index is 5.63. The van der Waals surface area contributed by atoms with Crippen LogP contribution in [0, 0.1) is 0 Å². The fraction of sp³-hybridized carbons (Fsp3) is 0.467. The van der Waals surface area contributed by atoms with Crippen molar-refractivity contribution in [2.24, 2.45) is 0 Å². The minimum Gasteiger partial charge on any atom is -0.377 e. The molecule has 0 atom stereocenters. The molecule has 0 bridgehead atoms. The van der Waals surface area contributed by atoms with Gasteiger partial charge >= 0.3 is 0 Å². The van der Waals surface area contributed by atoms with Gasteiger partial charge < -0.3 is 14.6 Å². The molecule has 3 heteroatoms. The molecule has 0 saturated carbocycles. The molecule has 0 aliphatic carbocycles. The number of nitrogens with one attached hydrogen (secondary N) is 1. The van der Waals surface area contributed by atoms with E-state index in [2.05, 4.69) is 54.2 Å². The third-order valence-corrected chi connectivity index (χ3v) is 3.02. The minimum atomic E-state index is 0.295. The van der Waals surface area contributed by atoms with E-state index in [1.807, 2.05) is 7.05 Å². The first-order chi connectivity index (χ1) is 8.72. The van der Waals surface area contributed by atoms with E-state index >= 15 is 0 Å². The van der Waals surface area contributed by atoms with Gasteiger partial charge in [-0.15, -0.1) is 0 Å². The summed E-state index contributed by atoms with van der Waals surface area (Å²) < 4.78 is 7.91. The van der Waals surface area contributed by atoms with Crippen LogP contribution in [-0.2, 0) is 17.8 Å². The smallest absolute Gasteiger partial charge is 0.0649 e. The van der Waals surface area contributed by atoms with E-state index in [-0.39, 0.29) is 0 Å². The van der Waals surface area contributed by atoms with Crippen LogP contribution in [0.2, 0.25) is 0 Å². The topological polar surface area (TPSA) is 26.2 Å². The van der Waals surface area contributed by atoms with Crippen LogP contribution < -0.4 is 5.32 Å². The molecule has 0 radical (unpaired) electrons. The highest BCUT2D eigenvalue weighted by Gasteiger charge is 2.07. The maximum Gasteiger partial charge on any atom is 0.0649 e. The summed E-state index contributed by atoms with van der Waals surface area (Å²) in [6.07, 6.45) is 2.52. The monoisotopic (exact) mass is 246 g/mol. The molecule has 0 aliphatic rings. The van der Waals surface area contributed by atoms with Crippen LogP contribution in [0.3, 0.4) is 0 Å². The number of benzene rings is 1. The maximum atomic E-state index is 5.63. The van der Waals surface area contributed by atoms with E-state index in [4.69, 9.17) is 4.74 Å². The molecule has 98 valence electrons. The second-order valence-corrected chi connectivity index (χ2v) is 4.81. The van der Waals surface area contributed by atoms with Gasteiger partial charge in [0.25, 0.3) is 0 Å². The lowest BCUT2D eigenvalue weighted by Crippen LogP contribution is -2.10. The van der Waals surface area contributed by atoms with Gasteiger partial charge in [-0.2, -0.15) is 0 Å². The number of rotatable bonds is 6. The molecule has 1 aromatic carbocycles. The third-order valence-electron chi connectivity index (χ3n) is 3.02. The first-order valence-corrected chi connectivity index (χ1v) is 6.55. The Morgan fingerprint density at radius 3 is 2.78 bits per heavy atom. The summed E-state index contributed by atoms with van der Waals surface area (Å²) >= 11 is 0. The summed E-state index contributed by atoms with van der Waals surface area (Å²) in [5.74, 6) is 0. The van der Waals surface area contributed by atoms with Crippen LogP contribution in [0.25, 0.3) is 10.9 Å². The normalized spacial score (nSPS) is 11.6. The lowest BCUT2D eigenvalue weighted by atomic mass is 10.2. The molecule has 2 rings (SSSR count). The Kier molecular flexibility index (Phi) is 4.39. The highest BCUT2D eigenvalue weighted by atomic mass is 16.5. The Balaban J connectivity index is 2.21. The van der Waals surface area contributed by atoms with Crippen LogP contribution >= 0.6 is 0 Å². The zero-order valence-electron chi connectivity index (χ0n) is 11.4. The van der Waals surface area contributed by atoms with E-state index in [0.29, 0.717) is 6.10 Å². The highest BCUT2D eigenvalue weighted by molar-refractivity contribution is 5.83. The predicted octanol–water partition coefficient (Wildman–Crippen LogP) is 2.79. The molecule has 0 saturated heterocycles. The van der Waals surface area contributed by atoms with Gasteiger partial charge in [0.2, 0.25) is 0 Å². The summed E-state index contributed by atoms with van der Waals surface area (Å²) in [6, 6.07) is 8.54. The van der Waals surface area contributed by atoms with Crippen molar-refractivity contribution in [3.05, 3.63) is 36.0 Å². The Bertz CT molecular complexity index is 502. The Morgan fingerprint density at radius 2 is 2.06 bits per heavy atom. The largest absolute Gasteiger partial charge is 0.377 e. The first-order valence-electron chi connectivity index (χ1n) is 6.55. The zero-order valence-corrected chi connectivity index (χ0v) is 11.4. The van der Waals surface area contributed by atoms with Crippen LogP contribution in [0.1, 0.15) is 19.4 Å². The number of hydrogen-bond acceptors (Lipinski definition) is 2. The van der Waals surface area contributed by atoms with Gasteiger partial charge in [0, 0.05) is 30.2 Å². The fourth-order valence-corrected chi connectivity index (χ4v) is 2.23. The standard InChI is InChI=1S/C15H22N2O/c1-12(2)18-9-8-17-11-13(10-16-3)14-6-4-5-7-15(14)17/h4-7,11-12,16H,8-10H2,1-3H3. The second kappa shape index (κ2) is 6.03. The molecule has 1 heterocycles. The quantitative estimate of drug-likeness (QED) is 0.848. The highest BCUT2D eigenvalue weighted by Crippen LogP contribution is 2.21. The predicted molar refractivity (Wildman–Crippen MR) is 75.8 cm³/mol. The molecule has 0 aliphatic heterocycles. The van der Waals surface area contributed by atoms with Crippen molar-refractivity contribution in [3.8, 4) is 0 Å². The Labute approximate surface area is 109 Å². The van der Waals surface area contributed by atoms with E-state index < -0.39 is 0 Å². The van der Waals surface area contributed by atoms with Crippen LogP contribution in [0.5, 0.6) is 0 Å². The molecular formula is C15H22N2O. The van der Waals surface area contributed by atoms with E-state index in [0.717, 1.165) is 19.7 Å². The first kappa shape index (κ1) is 13.1. The third kappa shape index (κ3) is 2.92. The molecule has 0 fully saturated rings. The van der Waals surface area contributed by atoms with E-state index in [1.165, 1.54) is 16.5 Å². The molecule has 1 aromatic heterocycles. The van der Waals surface area contributed by atoms with Crippen molar-refractivity contribution in [2.45, 2.75) is 33.0 Å². The average molecular weight is 246 g/mol. The number of ether oxygens (including phenoxy) is 1. The molecule has 2 aromatic rings. The second-order valence-electron chi connectivity index (χ2n) is 4.81. The lowest BCUT2D eigenvalue weighted by Gasteiger charge is -2.09. The van der Waals surface area contributed by atoms with E-state index in [9.17, 15) is 0 Å². The van der Waals surface area contributed by atoms with Gasteiger partial charge in [-0.25, -0.2) is 0 Å². The fourth-order valence-electron chi connectivity index (χ4n) is 2.23.